The summed E-state index contributed by atoms with van der Waals surface area (Å²) in [6, 6.07) is 10.7. The predicted octanol–water partition coefficient (Wildman–Crippen LogP) is 4.82. The molecule has 0 unspecified atom stereocenters. The zero-order chi connectivity index (χ0) is 20.3. The van der Waals surface area contributed by atoms with Crippen LogP contribution in [0.2, 0.25) is 0 Å². The minimum Gasteiger partial charge on any atom is -0.466 e. The van der Waals surface area contributed by atoms with E-state index in [1.807, 2.05) is 24.3 Å². The summed E-state index contributed by atoms with van der Waals surface area (Å²) in [4.78, 5) is 24.4. The summed E-state index contributed by atoms with van der Waals surface area (Å²) in [6.07, 6.45) is 0. The van der Waals surface area contributed by atoms with Gasteiger partial charge in [-0.1, -0.05) is 18.2 Å². The van der Waals surface area contributed by atoms with Crippen molar-refractivity contribution in [1.82, 2.24) is 0 Å². The Kier molecular flexibility index (Phi) is 5.68. The van der Waals surface area contributed by atoms with Gasteiger partial charge in [0, 0.05) is 0 Å². The largest absolute Gasteiger partial charge is 0.466 e. The lowest BCUT2D eigenvalue weighted by Crippen LogP contribution is -2.07. The van der Waals surface area contributed by atoms with Gasteiger partial charge in [-0.2, -0.15) is 0 Å². The van der Waals surface area contributed by atoms with E-state index in [2.05, 4.69) is 0 Å². The van der Waals surface area contributed by atoms with Gasteiger partial charge in [0.2, 0.25) is 0 Å². The number of hydrogen-bond donors (Lipinski definition) is 0. The second-order valence-corrected chi connectivity index (χ2v) is 6.63. The van der Waals surface area contributed by atoms with E-state index < -0.39 is 11.9 Å². The molecule has 3 aromatic rings. The standard InChI is InChI=1S/C22H22O6/c1-13-8-19(15(3)27-13)21(23)25-11-17-6-5-7-18(10-17)12-26-22(24)20-9-14(2)28-16(20)4/h5-10H,11-12H2,1-4H3. The highest BCUT2D eigenvalue weighted by Gasteiger charge is 2.16. The van der Waals surface area contributed by atoms with Crippen LogP contribution in [0, 0.1) is 27.7 Å². The van der Waals surface area contributed by atoms with Gasteiger partial charge in [0.1, 0.15) is 47.4 Å². The van der Waals surface area contributed by atoms with Crippen LogP contribution in [-0.4, -0.2) is 11.9 Å². The van der Waals surface area contributed by atoms with Gasteiger partial charge >= 0.3 is 11.9 Å². The summed E-state index contributed by atoms with van der Waals surface area (Å²) >= 11 is 0. The number of ether oxygens (including phenoxy) is 2. The molecule has 28 heavy (non-hydrogen) atoms. The zero-order valence-corrected chi connectivity index (χ0v) is 16.3. The molecule has 0 spiro atoms. The summed E-state index contributed by atoms with van der Waals surface area (Å²) in [5.41, 5.74) is 2.45. The molecule has 0 aliphatic rings. The fourth-order valence-electron chi connectivity index (χ4n) is 2.93. The first-order chi connectivity index (χ1) is 13.3. The quantitative estimate of drug-likeness (QED) is 0.569. The van der Waals surface area contributed by atoms with Gasteiger partial charge < -0.3 is 18.3 Å². The fraction of sp³-hybridized carbons (Fsp3) is 0.273. The molecule has 0 N–H and O–H groups in total. The Hall–Kier alpha value is -3.28. The molecule has 1 aromatic carbocycles. The number of rotatable bonds is 6. The van der Waals surface area contributed by atoms with E-state index in [0.29, 0.717) is 34.2 Å². The van der Waals surface area contributed by atoms with Gasteiger partial charge in [-0.25, -0.2) is 9.59 Å². The topological polar surface area (TPSA) is 78.9 Å². The first-order valence-electron chi connectivity index (χ1n) is 8.89. The maximum Gasteiger partial charge on any atom is 0.342 e. The normalized spacial score (nSPS) is 10.7. The van der Waals surface area contributed by atoms with Crippen molar-refractivity contribution in [1.29, 1.82) is 0 Å². The number of carbonyl (C=O) groups is 2. The molecular formula is C22H22O6. The second-order valence-electron chi connectivity index (χ2n) is 6.63. The van der Waals surface area contributed by atoms with Crippen molar-refractivity contribution < 1.29 is 27.9 Å². The number of benzene rings is 1. The molecule has 6 heteroatoms. The van der Waals surface area contributed by atoms with Crippen molar-refractivity contribution in [2.24, 2.45) is 0 Å². The highest BCUT2D eigenvalue weighted by molar-refractivity contribution is 5.91. The third kappa shape index (κ3) is 4.52. The van der Waals surface area contributed by atoms with Crippen LogP contribution in [0.3, 0.4) is 0 Å². The van der Waals surface area contributed by atoms with Crippen molar-refractivity contribution in [2.45, 2.75) is 40.9 Å². The van der Waals surface area contributed by atoms with Gasteiger partial charge in [-0.3, -0.25) is 0 Å². The Bertz CT molecular complexity index is 930. The Morgan fingerprint density at radius 1 is 0.750 bits per heavy atom. The number of esters is 2. The molecular weight excluding hydrogens is 360 g/mol. The maximum absolute atomic E-state index is 12.2. The van der Waals surface area contributed by atoms with E-state index in [1.54, 1.807) is 39.8 Å². The average molecular weight is 382 g/mol. The molecule has 0 atom stereocenters. The van der Waals surface area contributed by atoms with Crippen LogP contribution in [0.5, 0.6) is 0 Å². The van der Waals surface area contributed by atoms with Crippen molar-refractivity contribution >= 4 is 11.9 Å². The highest BCUT2D eigenvalue weighted by Crippen LogP contribution is 2.18. The third-order valence-corrected chi connectivity index (χ3v) is 4.25. The Labute approximate surface area is 163 Å². The number of hydrogen-bond acceptors (Lipinski definition) is 6. The van der Waals surface area contributed by atoms with Crippen molar-refractivity contribution in [3.05, 3.63) is 81.7 Å². The minimum atomic E-state index is -0.433. The summed E-state index contributed by atoms with van der Waals surface area (Å²) < 4.78 is 21.4. The summed E-state index contributed by atoms with van der Waals surface area (Å²) in [6.45, 7) is 7.24. The lowest BCUT2D eigenvalue weighted by atomic mass is 10.1. The van der Waals surface area contributed by atoms with E-state index >= 15 is 0 Å². The van der Waals surface area contributed by atoms with E-state index in [9.17, 15) is 9.59 Å². The van der Waals surface area contributed by atoms with Gasteiger partial charge in [-0.05, 0) is 57.0 Å². The lowest BCUT2D eigenvalue weighted by Gasteiger charge is -2.08. The first kappa shape index (κ1) is 19.5. The molecule has 2 heterocycles. The Balaban J connectivity index is 1.58. The number of aryl methyl sites for hydroxylation is 4. The smallest absolute Gasteiger partial charge is 0.342 e. The van der Waals surface area contributed by atoms with Crippen LogP contribution in [0.4, 0.5) is 0 Å². The van der Waals surface area contributed by atoms with E-state index in [0.717, 1.165) is 11.1 Å². The summed E-state index contributed by atoms with van der Waals surface area (Å²) in [5, 5.41) is 0. The van der Waals surface area contributed by atoms with Gasteiger partial charge in [0.25, 0.3) is 0 Å². The highest BCUT2D eigenvalue weighted by atomic mass is 16.5. The summed E-state index contributed by atoms with van der Waals surface area (Å²) in [7, 11) is 0. The molecule has 3 rings (SSSR count). The molecule has 146 valence electrons. The molecule has 0 aliphatic carbocycles. The average Bonchev–Trinajstić information content (AvgIpc) is 3.18. The predicted molar refractivity (Wildman–Crippen MR) is 101 cm³/mol. The van der Waals surface area contributed by atoms with Crippen LogP contribution in [0.15, 0.2) is 45.2 Å². The van der Waals surface area contributed by atoms with Gasteiger partial charge in [-0.15, -0.1) is 0 Å². The van der Waals surface area contributed by atoms with Crippen LogP contribution in [0.25, 0.3) is 0 Å². The number of carbonyl (C=O) groups excluding carboxylic acids is 2. The van der Waals surface area contributed by atoms with E-state index in [-0.39, 0.29) is 13.2 Å². The molecule has 2 aromatic heterocycles. The van der Waals surface area contributed by atoms with E-state index in [4.69, 9.17) is 18.3 Å². The molecule has 0 bridgehead atoms. The minimum absolute atomic E-state index is 0.115. The Morgan fingerprint density at radius 2 is 1.18 bits per heavy atom. The van der Waals surface area contributed by atoms with Crippen LogP contribution in [-0.2, 0) is 22.7 Å². The fourth-order valence-corrected chi connectivity index (χ4v) is 2.93. The van der Waals surface area contributed by atoms with Gasteiger partial charge in [0.05, 0.1) is 0 Å². The summed E-state index contributed by atoms with van der Waals surface area (Å²) in [5.74, 6) is 1.53. The molecule has 6 nitrogen and oxygen atoms in total. The van der Waals surface area contributed by atoms with Crippen LogP contribution >= 0.6 is 0 Å². The molecule has 0 saturated heterocycles. The van der Waals surface area contributed by atoms with Crippen LogP contribution in [0.1, 0.15) is 54.9 Å². The SMILES string of the molecule is Cc1cc(C(=O)OCc2cccc(COC(=O)c3cc(C)oc3C)c2)c(C)o1. The molecule has 0 fully saturated rings. The second kappa shape index (κ2) is 8.17. The molecule has 0 saturated carbocycles. The Morgan fingerprint density at radius 3 is 1.54 bits per heavy atom. The number of furan rings is 2. The zero-order valence-electron chi connectivity index (χ0n) is 16.3. The van der Waals surface area contributed by atoms with Gasteiger partial charge in [0.15, 0.2) is 0 Å². The monoisotopic (exact) mass is 382 g/mol. The van der Waals surface area contributed by atoms with Crippen molar-refractivity contribution in [3.8, 4) is 0 Å². The lowest BCUT2D eigenvalue weighted by molar-refractivity contribution is 0.0469. The molecule has 0 amide bonds. The first-order valence-corrected chi connectivity index (χ1v) is 8.89. The van der Waals surface area contributed by atoms with Crippen molar-refractivity contribution in [2.75, 3.05) is 0 Å². The van der Waals surface area contributed by atoms with Crippen LogP contribution < -0.4 is 0 Å². The maximum atomic E-state index is 12.2. The third-order valence-electron chi connectivity index (χ3n) is 4.25. The molecule has 0 radical (unpaired) electrons. The van der Waals surface area contributed by atoms with Crippen molar-refractivity contribution in [3.63, 3.8) is 0 Å². The van der Waals surface area contributed by atoms with E-state index in [1.165, 1.54) is 0 Å². The molecule has 0 aliphatic heterocycles.